The van der Waals surface area contributed by atoms with Crippen LogP contribution < -0.4 is 10.6 Å². The predicted octanol–water partition coefficient (Wildman–Crippen LogP) is 4.77. The molecule has 1 unspecified atom stereocenters. The molecule has 1 saturated heterocycles. The van der Waals surface area contributed by atoms with Crippen molar-refractivity contribution in [3.05, 3.63) is 59.1 Å². The predicted molar refractivity (Wildman–Crippen MR) is 125 cm³/mol. The summed E-state index contributed by atoms with van der Waals surface area (Å²) in [5, 5.41) is 16.1. The van der Waals surface area contributed by atoms with E-state index in [1.807, 2.05) is 47.2 Å². The van der Waals surface area contributed by atoms with E-state index in [4.69, 9.17) is 11.6 Å². The number of carbonyl (C=O) groups is 1. The Kier molecular flexibility index (Phi) is 7.37. The van der Waals surface area contributed by atoms with Crippen LogP contribution in [0.25, 0.3) is 0 Å². The molecule has 0 spiro atoms. The lowest BCUT2D eigenvalue weighted by molar-refractivity contribution is 0.111. The molecule has 1 aliphatic heterocycles. The number of guanidine groups is 1. The van der Waals surface area contributed by atoms with Crippen LogP contribution in [0.4, 0.5) is 16.2 Å². The molecule has 7 nitrogen and oxygen atoms in total. The van der Waals surface area contributed by atoms with Crippen molar-refractivity contribution >= 4 is 35.0 Å². The zero-order valence-corrected chi connectivity index (χ0v) is 18.7. The van der Waals surface area contributed by atoms with E-state index in [-0.39, 0.29) is 18.0 Å². The Balaban J connectivity index is 1.74. The fourth-order valence-electron chi connectivity index (χ4n) is 3.61. The van der Waals surface area contributed by atoms with E-state index >= 15 is 0 Å². The van der Waals surface area contributed by atoms with Gasteiger partial charge in [0.05, 0.1) is 6.04 Å². The SMILES string of the molecule is Cc1ccccc1N/C(=N/C#N)N1CCN(C(=O)Nc2ccc(Cl)cc2)C(C(C)C)C1. The minimum atomic E-state index is -0.147. The molecular weight excluding hydrogens is 412 g/mol. The highest BCUT2D eigenvalue weighted by Crippen LogP contribution is 2.21. The third kappa shape index (κ3) is 5.68. The highest BCUT2D eigenvalue weighted by Gasteiger charge is 2.34. The third-order valence-corrected chi connectivity index (χ3v) is 5.64. The maximum absolute atomic E-state index is 13.0. The van der Waals surface area contributed by atoms with Gasteiger partial charge in [-0.3, -0.25) is 0 Å². The van der Waals surface area contributed by atoms with Gasteiger partial charge in [0.2, 0.25) is 12.2 Å². The van der Waals surface area contributed by atoms with Gasteiger partial charge in [0.1, 0.15) is 0 Å². The fraction of sp³-hybridized carbons (Fsp3) is 0.348. The summed E-state index contributed by atoms with van der Waals surface area (Å²) in [4.78, 5) is 20.9. The normalized spacial score (nSPS) is 16.8. The topological polar surface area (TPSA) is 83.8 Å². The molecule has 0 aliphatic carbocycles. The van der Waals surface area contributed by atoms with Crippen molar-refractivity contribution in [2.24, 2.45) is 10.9 Å². The maximum Gasteiger partial charge on any atom is 0.322 e. The monoisotopic (exact) mass is 438 g/mol. The van der Waals surface area contributed by atoms with E-state index in [0.717, 1.165) is 11.3 Å². The molecule has 2 N–H and O–H groups in total. The van der Waals surface area contributed by atoms with E-state index in [9.17, 15) is 10.1 Å². The van der Waals surface area contributed by atoms with E-state index < -0.39 is 0 Å². The van der Waals surface area contributed by atoms with Gasteiger partial charge < -0.3 is 20.4 Å². The molecule has 0 bridgehead atoms. The number of aliphatic imine (C=N–C) groups is 1. The van der Waals surface area contributed by atoms with Crippen molar-refractivity contribution in [2.45, 2.75) is 26.8 Å². The molecule has 2 amide bonds. The summed E-state index contributed by atoms with van der Waals surface area (Å²) < 4.78 is 0. The number of hydrogen-bond donors (Lipinski definition) is 2. The maximum atomic E-state index is 13.0. The van der Waals surface area contributed by atoms with Crippen LogP contribution in [0.2, 0.25) is 5.02 Å². The molecule has 3 rings (SSSR count). The number of hydrogen-bond acceptors (Lipinski definition) is 3. The smallest absolute Gasteiger partial charge is 0.322 e. The van der Waals surface area contributed by atoms with Crippen LogP contribution >= 0.6 is 11.6 Å². The van der Waals surface area contributed by atoms with Gasteiger partial charge in [0.15, 0.2) is 0 Å². The summed E-state index contributed by atoms with van der Waals surface area (Å²) >= 11 is 5.93. The van der Waals surface area contributed by atoms with Gasteiger partial charge in [0.25, 0.3) is 0 Å². The van der Waals surface area contributed by atoms with Gasteiger partial charge >= 0.3 is 6.03 Å². The van der Waals surface area contributed by atoms with Crippen molar-refractivity contribution in [1.29, 1.82) is 5.26 Å². The molecule has 8 heteroatoms. The molecule has 0 radical (unpaired) electrons. The Hall–Kier alpha value is -3.24. The lowest BCUT2D eigenvalue weighted by Gasteiger charge is -2.44. The number of nitrogens with zero attached hydrogens (tertiary/aromatic N) is 4. The summed E-state index contributed by atoms with van der Waals surface area (Å²) in [6.07, 6.45) is 1.90. The number of nitrogens with one attached hydrogen (secondary N) is 2. The molecule has 0 aromatic heterocycles. The second-order valence-corrected chi connectivity index (χ2v) is 8.30. The van der Waals surface area contributed by atoms with Crippen LogP contribution in [0.5, 0.6) is 0 Å². The lowest BCUT2D eigenvalue weighted by Crippen LogP contribution is -2.60. The number of piperazine rings is 1. The zero-order chi connectivity index (χ0) is 22.4. The number of para-hydroxylation sites is 1. The fourth-order valence-corrected chi connectivity index (χ4v) is 3.74. The first-order valence-electron chi connectivity index (χ1n) is 10.3. The molecule has 1 heterocycles. The molecule has 1 atom stereocenters. The number of nitriles is 1. The Morgan fingerprint density at radius 3 is 2.52 bits per heavy atom. The second kappa shape index (κ2) is 10.2. The summed E-state index contributed by atoms with van der Waals surface area (Å²) in [6.45, 7) is 7.84. The van der Waals surface area contributed by atoms with Crippen molar-refractivity contribution in [1.82, 2.24) is 9.80 Å². The number of aryl methyl sites for hydroxylation is 1. The van der Waals surface area contributed by atoms with Crippen LogP contribution in [0, 0.1) is 24.3 Å². The highest BCUT2D eigenvalue weighted by molar-refractivity contribution is 6.30. The van der Waals surface area contributed by atoms with Crippen molar-refractivity contribution in [3.8, 4) is 6.19 Å². The Morgan fingerprint density at radius 2 is 1.87 bits per heavy atom. The molecule has 2 aromatic rings. The number of amides is 2. The largest absolute Gasteiger partial charge is 0.338 e. The van der Waals surface area contributed by atoms with Crippen molar-refractivity contribution in [2.75, 3.05) is 30.3 Å². The Labute approximate surface area is 188 Å². The summed E-state index contributed by atoms with van der Waals surface area (Å²) in [7, 11) is 0. The first kappa shape index (κ1) is 22.4. The minimum Gasteiger partial charge on any atom is -0.338 e. The summed E-state index contributed by atoms with van der Waals surface area (Å²) in [5.74, 6) is 0.723. The van der Waals surface area contributed by atoms with Crippen LogP contribution in [0.1, 0.15) is 19.4 Å². The summed E-state index contributed by atoms with van der Waals surface area (Å²) in [6, 6.07) is 14.7. The second-order valence-electron chi connectivity index (χ2n) is 7.86. The van der Waals surface area contributed by atoms with E-state index in [1.165, 1.54) is 0 Å². The molecule has 162 valence electrons. The van der Waals surface area contributed by atoms with Gasteiger partial charge in [-0.2, -0.15) is 5.26 Å². The van der Waals surface area contributed by atoms with Crippen LogP contribution in [0.3, 0.4) is 0 Å². The Bertz CT molecular complexity index is 982. The van der Waals surface area contributed by atoms with Gasteiger partial charge in [-0.25, -0.2) is 4.79 Å². The third-order valence-electron chi connectivity index (χ3n) is 5.39. The standard InChI is InChI=1S/C23H27ClN6O/c1-16(2)21-14-29(22(26-15-25)28-20-7-5-4-6-17(20)3)12-13-30(21)23(31)27-19-10-8-18(24)9-11-19/h4-11,16,21H,12-14H2,1-3H3,(H,26,28)(H,27,31). The molecule has 2 aromatic carbocycles. The number of benzene rings is 2. The van der Waals surface area contributed by atoms with Crippen LogP contribution in [0.15, 0.2) is 53.5 Å². The Morgan fingerprint density at radius 1 is 1.16 bits per heavy atom. The zero-order valence-electron chi connectivity index (χ0n) is 18.0. The number of rotatable bonds is 3. The first-order valence-corrected chi connectivity index (χ1v) is 10.6. The van der Waals surface area contributed by atoms with Gasteiger partial charge in [0, 0.05) is 36.0 Å². The highest BCUT2D eigenvalue weighted by atomic mass is 35.5. The average Bonchev–Trinajstić information content (AvgIpc) is 2.76. The molecule has 0 saturated carbocycles. The van der Waals surface area contributed by atoms with Gasteiger partial charge in [-0.1, -0.05) is 43.6 Å². The molecule has 1 fully saturated rings. The average molecular weight is 439 g/mol. The van der Waals surface area contributed by atoms with Crippen molar-refractivity contribution < 1.29 is 4.79 Å². The van der Waals surface area contributed by atoms with E-state index in [0.29, 0.717) is 36.3 Å². The van der Waals surface area contributed by atoms with E-state index in [2.05, 4.69) is 29.5 Å². The molecular formula is C23H27ClN6O. The van der Waals surface area contributed by atoms with Crippen LogP contribution in [-0.4, -0.2) is 47.5 Å². The number of anilines is 2. The van der Waals surface area contributed by atoms with E-state index in [1.54, 1.807) is 24.3 Å². The summed E-state index contributed by atoms with van der Waals surface area (Å²) in [5.41, 5.74) is 2.67. The van der Waals surface area contributed by atoms with Crippen molar-refractivity contribution in [3.63, 3.8) is 0 Å². The van der Waals surface area contributed by atoms with Gasteiger partial charge in [-0.15, -0.1) is 4.99 Å². The quantitative estimate of drug-likeness (QED) is 0.410. The molecule has 1 aliphatic rings. The number of urea groups is 1. The number of halogens is 1. The first-order chi connectivity index (χ1) is 14.9. The lowest BCUT2D eigenvalue weighted by atomic mass is 10.00. The number of carbonyl (C=O) groups excluding carboxylic acids is 1. The minimum absolute atomic E-state index is 0.0383. The molecule has 31 heavy (non-hydrogen) atoms. The van der Waals surface area contributed by atoms with Gasteiger partial charge in [-0.05, 0) is 48.7 Å². The van der Waals surface area contributed by atoms with Crippen LogP contribution in [-0.2, 0) is 0 Å².